The molecule has 104 valence electrons. The minimum atomic E-state index is -0.384. The van der Waals surface area contributed by atoms with Crippen LogP contribution in [0.1, 0.15) is 41.6 Å². The first-order valence-corrected chi connectivity index (χ1v) is 6.92. The van der Waals surface area contributed by atoms with E-state index in [1.807, 2.05) is 18.2 Å². The highest BCUT2D eigenvalue weighted by Gasteiger charge is 2.19. The van der Waals surface area contributed by atoms with Gasteiger partial charge in [0.05, 0.1) is 0 Å². The second-order valence-corrected chi connectivity index (χ2v) is 5.35. The van der Waals surface area contributed by atoms with Crippen molar-refractivity contribution in [3.63, 3.8) is 0 Å². The normalized spacial score (nSPS) is 23.2. The van der Waals surface area contributed by atoms with Gasteiger partial charge in [-0.05, 0) is 49.3 Å². The lowest BCUT2D eigenvalue weighted by atomic mass is 9.86. The van der Waals surface area contributed by atoms with Crippen LogP contribution in [0.5, 0.6) is 0 Å². The fourth-order valence-corrected chi connectivity index (χ4v) is 2.65. The number of benzene rings is 1. The standard InChI is InChI=1S/C15H22N2O2/c16-15(19)13-3-1-2-12(8-13)9-17-14-6-4-11(10-18)5-7-14/h1-3,8,11,14,17-18H,4-7,9-10H2,(H2,16,19). The molecule has 4 heteroatoms. The predicted molar refractivity (Wildman–Crippen MR) is 74.6 cm³/mol. The molecular formula is C15H22N2O2. The van der Waals surface area contributed by atoms with Gasteiger partial charge in [-0.3, -0.25) is 4.79 Å². The summed E-state index contributed by atoms with van der Waals surface area (Å²) in [5, 5.41) is 12.6. The molecule has 0 atom stereocenters. The van der Waals surface area contributed by atoms with Gasteiger partial charge in [0.1, 0.15) is 0 Å². The molecule has 0 aromatic heterocycles. The molecule has 0 unspecified atom stereocenters. The van der Waals surface area contributed by atoms with Gasteiger partial charge in [0.25, 0.3) is 0 Å². The molecule has 0 bridgehead atoms. The van der Waals surface area contributed by atoms with E-state index in [0.29, 0.717) is 24.1 Å². The van der Waals surface area contributed by atoms with Crippen LogP contribution in [0.2, 0.25) is 0 Å². The largest absolute Gasteiger partial charge is 0.396 e. The van der Waals surface area contributed by atoms with Crippen molar-refractivity contribution in [3.8, 4) is 0 Å². The zero-order valence-electron chi connectivity index (χ0n) is 11.1. The summed E-state index contributed by atoms with van der Waals surface area (Å²) in [7, 11) is 0. The van der Waals surface area contributed by atoms with Crippen LogP contribution in [-0.4, -0.2) is 23.7 Å². The maximum Gasteiger partial charge on any atom is 0.248 e. The number of carbonyl (C=O) groups is 1. The zero-order chi connectivity index (χ0) is 13.7. The van der Waals surface area contributed by atoms with Crippen LogP contribution in [0.15, 0.2) is 24.3 Å². The Morgan fingerprint density at radius 3 is 2.68 bits per heavy atom. The van der Waals surface area contributed by atoms with Crippen molar-refractivity contribution in [2.45, 2.75) is 38.3 Å². The van der Waals surface area contributed by atoms with Crippen LogP contribution in [0.4, 0.5) is 0 Å². The molecule has 0 saturated heterocycles. The Kier molecular flexibility index (Phi) is 4.93. The molecule has 0 heterocycles. The van der Waals surface area contributed by atoms with Gasteiger partial charge in [-0.2, -0.15) is 0 Å². The Bertz CT molecular complexity index is 426. The van der Waals surface area contributed by atoms with Crippen molar-refractivity contribution in [2.75, 3.05) is 6.61 Å². The number of hydrogen-bond acceptors (Lipinski definition) is 3. The monoisotopic (exact) mass is 262 g/mol. The Morgan fingerprint density at radius 1 is 1.32 bits per heavy atom. The van der Waals surface area contributed by atoms with E-state index >= 15 is 0 Å². The van der Waals surface area contributed by atoms with Crippen molar-refractivity contribution in [2.24, 2.45) is 11.7 Å². The number of rotatable bonds is 5. The molecule has 1 fully saturated rings. The summed E-state index contributed by atoms with van der Waals surface area (Å²) in [5.41, 5.74) is 6.91. The summed E-state index contributed by atoms with van der Waals surface area (Å²) < 4.78 is 0. The van der Waals surface area contributed by atoms with E-state index in [1.54, 1.807) is 6.07 Å². The highest BCUT2D eigenvalue weighted by molar-refractivity contribution is 5.92. The molecule has 4 N–H and O–H groups in total. The lowest BCUT2D eigenvalue weighted by molar-refractivity contribution is 0.1000. The summed E-state index contributed by atoms with van der Waals surface area (Å²) in [6.45, 7) is 1.07. The molecule has 2 rings (SSSR count). The summed E-state index contributed by atoms with van der Waals surface area (Å²) >= 11 is 0. The molecule has 1 aromatic rings. The molecule has 4 nitrogen and oxygen atoms in total. The van der Waals surface area contributed by atoms with Crippen molar-refractivity contribution in [3.05, 3.63) is 35.4 Å². The molecule has 1 amide bonds. The Balaban J connectivity index is 1.82. The predicted octanol–water partition coefficient (Wildman–Crippen LogP) is 1.43. The van der Waals surface area contributed by atoms with E-state index in [2.05, 4.69) is 5.32 Å². The van der Waals surface area contributed by atoms with Crippen molar-refractivity contribution in [1.82, 2.24) is 5.32 Å². The van der Waals surface area contributed by atoms with E-state index in [1.165, 1.54) is 0 Å². The summed E-state index contributed by atoms with van der Waals surface area (Å²) in [6, 6.07) is 7.95. The molecule has 1 aliphatic carbocycles. The van der Waals surface area contributed by atoms with Crippen molar-refractivity contribution >= 4 is 5.91 Å². The van der Waals surface area contributed by atoms with Gasteiger partial charge in [-0.15, -0.1) is 0 Å². The third-order valence-corrected chi connectivity index (χ3v) is 3.91. The first-order chi connectivity index (χ1) is 9.19. The number of primary amides is 1. The van der Waals surface area contributed by atoms with E-state index in [9.17, 15) is 4.79 Å². The Morgan fingerprint density at radius 2 is 2.05 bits per heavy atom. The van der Waals surface area contributed by atoms with Gasteiger partial charge >= 0.3 is 0 Å². The number of carbonyl (C=O) groups excluding carboxylic acids is 1. The maximum atomic E-state index is 11.1. The number of aliphatic hydroxyl groups is 1. The maximum absolute atomic E-state index is 11.1. The molecule has 0 spiro atoms. The quantitative estimate of drug-likeness (QED) is 0.751. The second-order valence-electron chi connectivity index (χ2n) is 5.35. The first kappa shape index (κ1) is 14.0. The van der Waals surface area contributed by atoms with Gasteiger partial charge in [-0.25, -0.2) is 0 Å². The number of aliphatic hydroxyl groups excluding tert-OH is 1. The lowest BCUT2D eigenvalue weighted by Crippen LogP contribution is -2.33. The van der Waals surface area contributed by atoms with Crippen LogP contribution in [0, 0.1) is 5.92 Å². The molecule has 19 heavy (non-hydrogen) atoms. The number of nitrogens with one attached hydrogen (secondary N) is 1. The average molecular weight is 262 g/mol. The zero-order valence-corrected chi connectivity index (χ0v) is 11.1. The van der Waals surface area contributed by atoms with Gasteiger partial charge in [0, 0.05) is 24.8 Å². The lowest BCUT2D eigenvalue weighted by Gasteiger charge is -2.28. The number of amides is 1. The minimum absolute atomic E-state index is 0.313. The van der Waals surface area contributed by atoms with E-state index in [0.717, 1.165) is 37.8 Å². The van der Waals surface area contributed by atoms with Gasteiger partial charge in [0.15, 0.2) is 0 Å². The summed E-state index contributed by atoms with van der Waals surface area (Å²) in [5.74, 6) is 0.0987. The summed E-state index contributed by atoms with van der Waals surface area (Å²) in [6.07, 6.45) is 4.41. The third kappa shape index (κ3) is 4.04. The van der Waals surface area contributed by atoms with Crippen LogP contribution in [0.25, 0.3) is 0 Å². The molecular weight excluding hydrogens is 240 g/mol. The molecule has 1 saturated carbocycles. The molecule has 0 radical (unpaired) electrons. The van der Waals surface area contributed by atoms with Crippen molar-refractivity contribution in [1.29, 1.82) is 0 Å². The van der Waals surface area contributed by atoms with E-state index in [-0.39, 0.29) is 5.91 Å². The first-order valence-electron chi connectivity index (χ1n) is 6.92. The summed E-state index contributed by atoms with van der Waals surface area (Å²) in [4.78, 5) is 11.1. The highest BCUT2D eigenvalue weighted by atomic mass is 16.3. The van der Waals surface area contributed by atoms with Crippen LogP contribution < -0.4 is 11.1 Å². The fraction of sp³-hybridized carbons (Fsp3) is 0.533. The SMILES string of the molecule is NC(=O)c1cccc(CNC2CCC(CO)CC2)c1. The molecule has 0 aliphatic heterocycles. The molecule has 1 aliphatic rings. The average Bonchev–Trinajstić information content (AvgIpc) is 2.46. The van der Waals surface area contributed by atoms with Crippen LogP contribution >= 0.6 is 0 Å². The second kappa shape index (κ2) is 6.68. The van der Waals surface area contributed by atoms with Gasteiger partial charge in [-0.1, -0.05) is 12.1 Å². The smallest absolute Gasteiger partial charge is 0.248 e. The fourth-order valence-electron chi connectivity index (χ4n) is 2.65. The van der Waals surface area contributed by atoms with Crippen molar-refractivity contribution < 1.29 is 9.90 Å². The number of nitrogens with two attached hydrogens (primary N) is 1. The van der Waals surface area contributed by atoms with E-state index in [4.69, 9.17) is 10.8 Å². The van der Waals surface area contributed by atoms with Crippen LogP contribution in [-0.2, 0) is 6.54 Å². The van der Waals surface area contributed by atoms with Crippen LogP contribution in [0.3, 0.4) is 0 Å². The minimum Gasteiger partial charge on any atom is -0.396 e. The highest BCUT2D eigenvalue weighted by Crippen LogP contribution is 2.23. The molecule has 1 aromatic carbocycles. The number of hydrogen-bond donors (Lipinski definition) is 3. The third-order valence-electron chi connectivity index (χ3n) is 3.91. The van der Waals surface area contributed by atoms with E-state index < -0.39 is 0 Å². The Hall–Kier alpha value is -1.39. The van der Waals surface area contributed by atoms with Gasteiger partial charge < -0.3 is 16.2 Å². The van der Waals surface area contributed by atoms with Gasteiger partial charge in [0.2, 0.25) is 5.91 Å². The topological polar surface area (TPSA) is 75.4 Å². The Labute approximate surface area is 114 Å².